The monoisotopic (exact) mass is 386 g/mol. The minimum absolute atomic E-state index is 0.0768. The Kier molecular flexibility index (Phi) is 5.23. The Morgan fingerprint density at radius 1 is 1.00 bits per heavy atom. The molecule has 2 aliphatic heterocycles. The van der Waals surface area contributed by atoms with Crippen LogP contribution in [0.4, 0.5) is 0 Å². The molecular formula is C23H35BO2S. The summed E-state index contributed by atoms with van der Waals surface area (Å²) >= 11 is 2.12. The van der Waals surface area contributed by atoms with Gasteiger partial charge in [-0.1, -0.05) is 43.7 Å². The third-order valence-corrected chi connectivity index (χ3v) is 9.13. The second kappa shape index (κ2) is 7.11. The minimum atomic E-state index is -0.245. The first kappa shape index (κ1) is 19.9. The van der Waals surface area contributed by atoms with E-state index in [1.165, 1.54) is 36.3 Å². The van der Waals surface area contributed by atoms with Crippen LogP contribution >= 0.6 is 11.8 Å². The number of hydrogen-bond donors (Lipinski definition) is 0. The van der Waals surface area contributed by atoms with Gasteiger partial charge in [-0.3, -0.25) is 0 Å². The number of hydrogen-bond acceptors (Lipinski definition) is 3. The van der Waals surface area contributed by atoms with Gasteiger partial charge in [-0.15, -0.1) is 0 Å². The second-order valence-corrected chi connectivity index (χ2v) is 11.1. The van der Waals surface area contributed by atoms with Crippen molar-refractivity contribution in [2.24, 2.45) is 11.8 Å². The number of thioether (sulfide) groups is 1. The lowest BCUT2D eigenvalue weighted by atomic mass is 9.34. The van der Waals surface area contributed by atoms with Gasteiger partial charge in [-0.05, 0) is 81.8 Å². The van der Waals surface area contributed by atoms with Gasteiger partial charge in [0.2, 0.25) is 0 Å². The molecule has 1 aromatic rings. The van der Waals surface area contributed by atoms with Gasteiger partial charge in [0.1, 0.15) is 0 Å². The summed E-state index contributed by atoms with van der Waals surface area (Å²) in [6.07, 6.45) is 5.03. The molecule has 27 heavy (non-hydrogen) atoms. The zero-order valence-corrected chi connectivity index (χ0v) is 18.5. The summed E-state index contributed by atoms with van der Waals surface area (Å²) < 4.78 is 13.3. The van der Waals surface area contributed by atoms with E-state index in [-0.39, 0.29) is 23.6 Å². The van der Waals surface area contributed by atoms with E-state index in [9.17, 15) is 0 Å². The second-order valence-electron chi connectivity index (χ2n) is 9.87. The molecule has 3 aliphatic rings. The first-order chi connectivity index (χ1) is 12.8. The largest absolute Gasteiger partial charge is 0.464 e. The molecular weight excluding hydrogens is 351 g/mol. The van der Waals surface area contributed by atoms with Crippen LogP contribution in [0.3, 0.4) is 0 Å². The standard InChI is InChI=1S/C23H35BO2S/c1-6-23(24-25-21(2,3)22(4,5)26-24)16-19(17-10-8-7-9-11-17)20(23)18-12-14-27-15-13-18/h7-11,18-20H,6,12-16H2,1-5H3/t19?,20?,23-/m1/s1. The molecule has 0 aromatic heterocycles. The van der Waals surface area contributed by atoms with Crippen LogP contribution in [0.25, 0.3) is 0 Å². The van der Waals surface area contributed by atoms with Gasteiger partial charge >= 0.3 is 7.12 Å². The van der Waals surface area contributed by atoms with Crippen LogP contribution in [-0.4, -0.2) is 29.8 Å². The van der Waals surface area contributed by atoms with Crippen molar-refractivity contribution < 1.29 is 9.31 Å². The van der Waals surface area contributed by atoms with Crippen molar-refractivity contribution in [1.29, 1.82) is 0 Å². The average Bonchev–Trinajstić information content (AvgIpc) is 2.84. The van der Waals surface area contributed by atoms with Crippen molar-refractivity contribution in [3.63, 3.8) is 0 Å². The van der Waals surface area contributed by atoms with Crippen molar-refractivity contribution in [3.8, 4) is 0 Å². The molecule has 0 spiro atoms. The third kappa shape index (κ3) is 3.20. The Morgan fingerprint density at radius 2 is 1.59 bits per heavy atom. The van der Waals surface area contributed by atoms with Gasteiger partial charge in [0.15, 0.2) is 0 Å². The molecule has 4 rings (SSSR count). The van der Waals surface area contributed by atoms with E-state index in [1.807, 2.05) is 0 Å². The lowest BCUT2D eigenvalue weighted by molar-refractivity contribution is 0.00578. The van der Waals surface area contributed by atoms with Crippen molar-refractivity contribution >= 4 is 18.9 Å². The van der Waals surface area contributed by atoms with Crippen molar-refractivity contribution in [2.75, 3.05) is 11.5 Å². The van der Waals surface area contributed by atoms with Crippen LogP contribution in [0, 0.1) is 11.8 Å². The van der Waals surface area contributed by atoms with Gasteiger partial charge in [-0.2, -0.15) is 11.8 Å². The van der Waals surface area contributed by atoms with E-state index in [0.29, 0.717) is 11.8 Å². The molecule has 4 heteroatoms. The molecule has 3 atom stereocenters. The molecule has 1 aliphatic carbocycles. The first-order valence-corrected chi connectivity index (χ1v) is 11.9. The predicted octanol–water partition coefficient (Wildman–Crippen LogP) is 6.18. The maximum Gasteiger partial charge on any atom is 0.464 e. The molecule has 0 amide bonds. The van der Waals surface area contributed by atoms with Gasteiger partial charge in [0, 0.05) is 5.31 Å². The van der Waals surface area contributed by atoms with E-state index < -0.39 is 0 Å². The van der Waals surface area contributed by atoms with Gasteiger partial charge < -0.3 is 9.31 Å². The Morgan fingerprint density at radius 3 is 2.15 bits per heavy atom. The molecule has 2 nitrogen and oxygen atoms in total. The van der Waals surface area contributed by atoms with E-state index in [4.69, 9.17) is 9.31 Å². The summed E-state index contributed by atoms with van der Waals surface area (Å²) in [5.74, 6) is 4.74. The zero-order chi connectivity index (χ0) is 19.3. The highest BCUT2D eigenvalue weighted by atomic mass is 32.2. The Hall–Kier alpha value is -0.445. The van der Waals surface area contributed by atoms with Crippen LogP contribution in [-0.2, 0) is 9.31 Å². The summed E-state index contributed by atoms with van der Waals surface area (Å²) in [5.41, 5.74) is 1.02. The number of rotatable bonds is 4. The third-order valence-electron chi connectivity index (χ3n) is 8.08. The van der Waals surface area contributed by atoms with Crippen molar-refractivity contribution in [3.05, 3.63) is 35.9 Å². The van der Waals surface area contributed by atoms with E-state index in [0.717, 1.165) is 12.3 Å². The van der Waals surface area contributed by atoms with Crippen LogP contribution in [0.2, 0.25) is 5.31 Å². The molecule has 2 saturated heterocycles. The molecule has 148 valence electrons. The van der Waals surface area contributed by atoms with Crippen LogP contribution in [0.1, 0.15) is 71.8 Å². The van der Waals surface area contributed by atoms with Crippen molar-refractivity contribution in [2.45, 2.75) is 82.7 Å². The lowest BCUT2D eigenvalue weighted by Gasteiger charge is -2.59. The fraction of sp³-hybridized carbons (Fsp3) is 0.739. The maximum absolute atomic E-state index is 6.64. The van der Waals surface area contributed by atoms with E-state index in [1.54, 1.807) is 0 Å². The first-order valence-electron chi connectivity index (χ1n) is 10.8. The fourth-order valence-electron chi connectivity index (χ4n) is 5.69. The molecule has 0 radical (unpaired) electrons. The Bertz CT molecular complexity index is 640. The SMILES string of the molecule is CC[C@@]1(B2OC(C)(C)C(C)(C)O2)CC(c2ccccc2)C1C1CCSCC1. The summed E-state index contributed by atoms with van der Waals surface area (Å²) in [6, 6.07) is 11.2. The lowest BCUT2D eigenvalue weighted by Crippen LogP contribution is -2.54. The van der Waals surface area contributed by atoms with Crippen molar-refractivity contribution in [1.82, 2.24) is 0 Å². The fourth-order valence-corrected chi connectivity index (χ4v) is 6.83. The quantitative estimate of drug-likeness (QED) is 0.576. The Balaban J connectivity index is 1.67. The molecule has 1 aromatic carbocycles. The molecule has 3 fully saturated rings. The minimum Gasteiger partial charge on any atom is -0.403 e. The maximum atomic E-state index is 6.64. The summed E-state index contributed by atoms with van der Waals surface area (Å²) in [4.78, 5) is 0. The van der Waals surface area contributed by atoms with Crippen LogP contribution in [0.15, 0.2) is 30.3 Å². The molecule has 0 bridgehead atoms. The summed E-state index contributed by atoms with van der Waals surface area (Å²) in [5, 5.41) is 0.151. The van der Waals surface area contributed by atoms with E-state index in [2.05, 4.69) is 76.7 Å². The van der Waals surface area contributed by atoms with Crippen LogP contribution < -0.4 is 0 Å². The highest BCUT2D eigenvalue weighted by Gasteiger charge is 2.68. The highest BCUT2D eigenvalue weighted by molar-refractivity contribution is 7.99. The summed E-state index contributed by atoms with van der Waals surface area (Å²) in [6.45, 7) is 11.1. The van der Waals surface area contributed by atoms with Gasteiger partial charge in [0.05, 0.1) is 11.2 Å². The molecule has 0 N–H and O–H groups in total. The van der Waals surface area contributed by atoms with E-state index >= 15 is 0 Å². The van der Waals surface area contributed by atoms with Gasteiger partial charge in [0.25, 0.3) is 0 Å². The predicted molar refractivity (Wildman–Crippen MR) is 116 cm³/mol. The molecule has 2 heterocycles. The van der Waals surface area contributed by atoms with Crippen LogP contribution in [0.5, 0.6) is 0 Å². The normalized spacial score (nSPS) is 35.8. The zero-order valence-electron chi connectivity index (χ0n) is 17.7. The number of benzene rings is 1. The summed E-state index contributed by atoms with van der Waals surface area (Å²) in [7, 11) is -0.0768. The average molecular weight is 386 g/mol. The topological polar surface area (TPSA) is 18.5 Å². The Labute approximate surface area is 170 Å². The van der Waals surface area contributed by atoms with Gasteiger partial charge in [-0.25, -0.2) is 0 Å². The molecule has 2 unspecified atom stereocenters. The smallest absolute Gasteiger partial charge is 0.403 e. The highest BCUT2D eigenvalue weighted by Crippen LogP contribution is 2.70. The molecule has 1 saturated carbocycles.